The van der Waals surface area contributed by atoms with E-state index in [0.717, 1.165) is 11.1 Å². The predicted octanol–water partition coefficient (Wildman–Crippen LogP) is 4.75. The molecule has 6 rings (SSSR count). The van der Waals surface area contributed by atoms with Gasteiger partial charge in [0, 0.05) is 15.6 Å². The number of benzene rings is 3. The van der Waals surface area contributed by atoms with Crippen LogP contribution in [0.5, 0.6) is 0 Å². The summed E-state index contributed by atoms with van der Waals surface area (Å²) in [5, 5.41) is 7.12. The van der Waals surface area contributed by atoms with Crippen molar-refractivity contribution < 1.29 is 14.4 Å². The molecule has 6 nitrogen and oxygen atoms in total. The summed E-state index contributed by atoms with van der Waals surface area (Å²) in [4.78, 5) is 42.5. The average molecular weight is 490 g/mol. The van der Waals surface area contributed by atoms with E-state index in [9.17, 15) is 14.4 Å². The summed E-state index contributed by atoms with van der Waals surface area (Å²) < 4.78 is 0. The van der Waals surface area contributed by atoms with Gasteiger partial charge in [0.05, 0.1) is 29.8 Å². The summed E-state index contributed by atoms with van der Waals surface area (Å²) in [6.07, 6.45) is 1.68. The number of fused-ring (bicyclic) bond motifs is 5. The Balaban J connectivity index is 1.50. The van der Waals surface area contributed by atoms with E-state index in [1.165, 1.54) is 4.90 Å². The van der Waals surface area contributed by atoms with Gasteiger partial charge in [-0.15, -0.1) is 0 Å². The SMILES string of the molecule is O=C(c1ccc(Cl)cc1)[C@@H]1[C@@H]2C(=O)N(c3cccc(Cl)c3)C(=O)[C@@H]2C2c3ccccc3C=NN21. The highest BCUT2D eigenvalue weighted by molar-refractivity contribution is 6.32. The lowest BCUT2D eigenvalue weighted by molar-refractivity contribution is -0.124. The smallest absolute Gasteiger partial charge is 0.240 e. The molecular weight excluding hydrogens is 473 g/mol. The maximum atomic E-state index is 13.8. The Morgan fingerprint density at radius 3 is 2.32 bits per heavy atom. The molecule has 168 valence electrons. The molecule has 2 saturated heterocycles. The Bertz CT molecular complexity index is 1390. The molecule has 0 aliphatic carbocycles. The van der Waals surface area contributed by atoms with Gasteiger partial charge in [-0.3, -0.25) is 19.4 Å². The van der Waals surface area contributed by atoms with Gasteiger partial charge < -0.3 is 0 Å². The van der Waals surface area contributed by atoms with Crippen molar-refractivity contribution in [1.82, 2.24) is 5.01 Å². The molecule has 0 N–H and O–H groups in total. The Labute approximate surface area is 205 Å². The molecule has 3 aromatic rings. The van der Waals surface area contributed by atoms with E-state index < -0.39 is 29.8 Å². The van der Waals surface area contributed by atoms with Crippen LogP contribution in [0.4, 0.5) is 5.69 Å². The largest absolute Gasteiger partial charge is 0.292 e. The Kier molecular flexibility index (Phi) is 4.83. The molecule has 3 heterocycles. The Hall–Kier alpha value is -3.48. The van der Waals surface area contributed by atoms with Crippen LogP contribution in [0.3, 0.4) is 0 Å². The molecule has 2 amide bonds. The van der Waals surface area contributed by atoms with Crippen molar-refractivity contribution in [2.75, 3.05) is 4.90 Å². The van der Waals surface area contributed by atoms with Gasteiger partial charge >= 0.3 is 0 Å². The number of ketones is 1. The Morgan fingerprint density at radius 2 is 1.56 bits per heavy atom. The van der Waals surface area contributed by atoms with Crippen LogP contribution in [-0.4, -0.2) is 34.9 Å². The number of imide groups is 1. The third-order valence-corrected chi connectivity index (χ3v) is 7.24. The van der Waals surface area contributed by atoms with Crippen molar-refractivity contribution in [1.29, 1.82) is 0 Å². The van der Waals surface area contributed by atoms with Gasteiger partial charge in [0.15, 0.2) is 5.78 Å². The lowest BCUT2D eigenvalue weighted by atomic mass is 9.83. The number of carbonyl (C=O) groups is 3. The summed E-state index contributed by atoms with van der Waals surface area (Å²) in [6, 6.07) is 19.3. The second-order valence-electron chi connectivity index (χ2n) is 8.56. The number of carbonyl (C=O) groups excluding carboxylic acids is 3. The van der Waals surface area contributed by atoms with E-state index in [2.05, 4.69) is 5.10 Å². The third kappa shape index (κ3) is 3.02. The molecule has 0 spiro atoms. The first-order valence-corrected chi connectivity index (χ1v) is 11.6. The minimum absolute atomic E-state index is 0.278. The van der Waals surface area contributed by atoms with Crippen molar-refractivity contribution in [2.45, 2.75) is 12.1 Å². The molecular formula is C26H17Cl2N3O3. The van der Waals surface area contributed by atoms with E-state index in [4.69, 9.17) is 23.2 Å². The minimum atomic E-state index is -0.929. The number of amides is 2. The molecule has 3 aromatic carbocycles. The second kappa shape index (κ2) is 7.79. The monoisotopic (exact) mass is 489 g/mol. The first kappa shape index (κ1) is 21.1. The first-order chi connectivity index (χ1) is 16.5. The number of hydrogen-bond donors (Lipinski definition) is 0. The molecule has 3 aliphatic heterocycles. The molecule has 1 unspecified atom stereocenters. The maximum Gasteiger partial charge on any atom is 0.240 e. The van der Waals surface area contributed by atoms with Crippen molar-refractivity contribution in [3.8, 4) is 0 Å². The minimum Gasteiger partial charge on any atom is -0.292 e. The highest BCUT2D eigenvalue weighted by atomic mass is 35.5. The number of rotatable bonds is 3. The van der Waals surface area contributed by atoms with Crippen LogP contribution in [0.15, 0.2) is 77.9 Å². The van der Waals surface area contributed by atoms with Crippen molar-refractivity contribution in [2.24, 2.45) is 16.9 Å². The van der Waals surface area contributed by atoms with Crippen LogP contribution < -0.4 is 4.90 Å². The van der Waals surface area contributed by atoms with E-state index in [1.54, 1.807) is 59.8 Å². The van der Waals surface area contributed by atoms with Gasteiger partial charge in [-0.05, 0) is 53.6 Å². The van der Waals surface area contributed by atoms with Gasteiger partial charge in [-0.25, -0.2) is 4.90 Å². The van der Waals surface area contributed by atoms with E-state index in [1.807, 2.05) is 24.3 Å². The number of hydrogen-bond acceptors (Lipinski definition) is 5. The summed E-state index contributed by atoms with van der Waals surface area (Å²) in [6.45, 7) is 0. The van der Waals surface area contributed by atoms with Crippen molar-refractivity contribution in [3.63, 3.8) is 0 Å². The fourth-order valence-electron chi connectivity index (χ4n) is 5.32. The number of anilines is 1. The normalized spacial score (nSPS) is 24.8. The fourth-order valence-corrected chi connectivity index (χ4v) is 5.63. The quantitative estimate of drug-likeness (QED) is 0.393. The van der Waals surface area contributed by atoms with Crippen molar-refractivity contribution >= 4 is 52.7 Å². The zero-order valence-corrected chi connectivity index (χ0v) is 19.1. The lowest BCUT2D eigenvalue weighted by Gasteiger charge is -2.33. The summed E-state index contributed by atoms with van der Waals surface area (Å²) in [5.74, 6) is -2.70. The third-order valence-electron chi connectivity index (χ3n) is 6.76. The highest BCUT2D eigenvalue weighted by Gasteiger charge is 2.65. The topological polar surface area (TPSA) is 70.0 Å². The van der Waals surface area contributed by atoms with E-state index in [-0.39, 0.29) is 11.7 Å². The Morgan fingerprint density at radius 1 is 0.824 bits per heavy atom. The van der Waals surface area contributed by atoms with Crippen LogP contribution in [0.2, 0.25) is 10.0 Å². The van der Waals surface area contributed by atoms with E-state index in [0.29, 0.717) is 21.3 Å². The lowest BCUT2D eigenvalue weighted by Crippen LogP contribution is -2.44. The molecule has 0 bridgehead atoms. The summed E-state index contributed by atoms with van der Waals surface area (Å²) in [5.41, 5.74) is 2.54. The van der Waals surface area contributed by atoms with Crippen LogP contribution in [-0.2, 0) is 9.59 Å². The van der Waals surface area contributed by atoms with Crippen molar-refractivity contribution in [3.05, 3.63) is 99.5 Å². The van der Waals surface area contributed by atoms with Gasteiger partial charge in [-0.1, -0.05) is 53.5 Å². The van der Waals surface area contributed by atoms with E-state index >= 15 is 0 Å². The zero-order valence-electron chi connectivity index (χ0n) is 17.6. The maximum absolute atomic E-state index is 13.8. The molecule has 34 heavy (non-hydrogen) atoms. The predicted molar refractivity (Wildman–Crippen MR) is 129 cm³/mol. The molecule has 2 fully saturated rings. The first-order valence-electron chi connectivity index (χ1n) is 10.8. The standard InChI is InChI=1S/C26H17Cl2N3O3/c27-16-10-8-14(9-11-16)24(32)23-21-20(22-19-7-2-1-4-15(19)13-29-31(22)23)25(33)30(26(21)34)18-6-3-5-17(28)12-18/h1-13,20-23H/t20-,21+,22?,23-/m0/s1. The van der Waals surface area contributed by atoms with Crippen LogP contribution >= 0.6 is 23.2 Å². The number of halogens is 2. The number of Topliss-reactive ketones (excluding diaryl/α,β-unsaturated/α-hetero) is 1. The number of nitrogens with zero attached hydrogens (tertiary/aromatic N) is 3. The summed E-state index contributed by atoms with van der Waals surface area (Å²) in [7, 11) is 0. The fraction of sp³-hybridized carbons (Fsp3) is 0.154. The molecule has 0 saturated carbocycles. The average Bonchev–Trinajstić information content (AvgIpc) is 3.31. The van der Waals surface area contributed by atoms with Gasteiger partial charge in [0.1, 0.15) is 6.04 Å². The number of hydrazone groups is 1. The molecule has 3 aliphatic rings. The van der Waals surface area contributed by atoms with Crippen LogP contribution in [0, 0.1) is 11.8 Å². The van der Waals surface area contributed by atoms with Crippen LogP contribution in [0.1, 0.15) is 27.5 Å². The van der Waals surface area contributed by atoms with Crippen LogP contribution in [0.25, 0.3) is 0 Å². The van der Waals surface area contributed by atoms with Gasteiger partial charge in [0.25, 0.3) is 0 Å². The molecule has 4 atom stereocenters. The molecule has 0 radical (unpaired) electrons. The summed E-state index contributed by atoms with van der Waals surface area (Å²) >= 11 is 12.2. The zero-order chi connectivity index (χ0) is 23.6. The highest BCUT2D eigenvalue weighted by Crippen LogP contribution is 2.53. The second-order valence-corrected chi connectivity index (χ2v) is 9.43. The van der Waals surface area contributed by atoms with Gasteiger partial charge in [-0.2, -0.15) is 5.10 Å². The van der Waals surface area contributed by atoms with Gasteiger partial charge in [0.2, 0.25) is 11.8 Å². The molecule has 8 heteroatoms. The molecule has 0 aromatic heterocycles.